The maximum atomic E-state index is 10.3. The molecule has 0 radical (unpaired) electrons. The Morgan fingerprint density at radius 2 is 1.25 bits per heavy atom. The molecule has 116 valence electrons. The van der Waals surface area contributed by atoms with Gasteiger partial charge in [-0.15, -0.1) is 0 Å². The minimum Gasteiger partial charge on any atom is -0.481 e. The third kappa shape index (κ3) is 16.9. The summed E-state index contributed by atoms with van der Waals surface area (Å²) >= 11 is 0. The molecule has 2 nitrogen and oxygen atoms in total. The Balaban J connectivity index is 3.18. The minimum atomic E-state index is -0.718. The molecule has 0 bridgehead atoms. The van der Waals surface area contributed by atoms with Crippen LogP contribution in [0, 0.1) is 0 Å². The molecule has 0 aliphatic rings. The standard InChI is InChI=1S/C18H32O2/c1-2-3-4-5-6-7-8-9-10-11-12-13-14-15-16-17-18(19)20/h10-11,14-15H,2-9,12-13,16-17H2,1H3,(H,19,20). The molecule has 0 saturated carbocycles. The molecule has 0 aliphatic carbocycles. The number of allylic oxidation sites excluding steroid dienone is 4. The largest absolute Gasteiger partial charge is 0.481 e. The van der Waals surface area contributed by atoms with E-state index < -0.39 is 5.97 Å². The predicted octanol–water partition coefficient (Wildman–Crippen LogP) is 5.88. The Kier molecular flexibility index (Phi) is 15.2. The van der Waals surface area contributed by atoms with Gasteiger partial charge in [-0.2, -0.15) is 0 Å². The van der Waals surface area contributed by atoms with Crippen LogP contribution in [0.25, 0.3) is 0 Å². The monoisotopic (exact) mass is 280 g/mol. The number of carboxylic acids is 1. The summed E-state index contributed by atoms with van der Waals surface area (Å²) in [6.07, 6.45) is 22.4. The zero-order valence-electron chi connectivity index (χ0n) is 13.2. The molecule has 0 heterocycles. The van der Waals surface area contributed by atoms with Crippen LogP contribution in [0.1, 0.15) is 84.0 Å². The number of hydrogen-bond acceptors (Lipinski definition) is 1. The second kappa shape index (κ2) is 16.0. The van der Waals surface area contributed by atoms with Gasteiger partial charge in [-0.1, -0.05) is 69.8 Å². The van der Waals surface area contributed by atoms with Gasteiger partial charge >= 0.3 is 5.97 Å². The highest BCUT2D eigenvalue weighted by Crippen LogP contribution is 2.08. The van der Waals surface area contributed by atoms with Gasteiger partial charge in [0.2, 0.25) is 0 Å². The first-order chi connectivity index (χ1) is 9.77. The molecule has 0 aliphatic heterocycles. The van der Waals surface area contributed by atoms with Crippen molar-refractivity contribution in [2.45, 2.75) is 84.0 Å². The summed E-state index contributed by atoms with van der Waals surface area (Å²) < 4.78 is 0. The highest BCUT2D eigenvalue weighted by molar-refractivity contribution is 5.66. The maximum Gasteiger partial charge on any atom is 0.303 e. The number of carbonyl (C=O) groups is 1. The summed E-state index contributed by atoms with van der Waals surface area (Å²) in [6.45, 7) is 2.26. The number of hydrogen-bond donors (Lipinski definition) is 1. The summed E-state index contributed by atoms with van der Waals surface area (Å²) in [5, 5.41) is 8.47. The summed E-state index contributed by atoms with van der Waals surface area (Å²) in [4.78, 5) is 10.3. The van der Waals surface area contributed by atoms with Crippen LogP contribution < -0.4 is 0 Å². The second-order valence-corrected chi connectivity index (χ2v) is 5.36. The molecule has 20 heavy (non-hydrogen) atoms. The highest BCUT2D eigenvalue weighted by atomic mass is 16.4. The lowest BCUT2D eigenvalue weighted by Gasteiger charge is -1.98. The van der Waals surface area contributed by atoms with Crippen molar-refractivity contribution in [2.75, 3.05) is 0 Å². The van der Waals surface area contributed by atoms with E-state index in [1.54, 1.807) is 0 Å². The van der Waals surface area contributed by atoms with Crippen molar-refractivity contribution in [3.8, 4) is 0 Å². The molecule has 0 spiro atoms. The molecule has 0 saturated heterocycles. The van der Waals surface area contributed by atoms with Gasteiger partial charge < -0.3 is 5.11 Å². The Bertz CT molecular complexity index is 267. The second-order valence-electron chi connectivity index (χ2n) is 5.36. The van der Waals surface area contributed by atoms with Crippen LogP contribution in [0.4, 0.5) is 0 Å². The van der Waals surface area contributed by atoms with Gasteiger partial charge in [0.25, 0.3) is 0 Å². The smallest absolute Gasteiger partial charge is 0.303 e. The van der Waals surface area contributed by atoms with E-state index in [1.807, 2.05) is 6.08 Å². The highest BCUT2D eigenvalue weighted by Gasteiger charge is 1.91. The van der Waals surface area contributed by atoms with Gasteiger partial charge in [0.15, 0.2) is 0 Å². The van der Waals surface area contributed by atoms with Crippen molar-refractivity contribution in [1.29, 1.82) is 0 Å². The molecule has 0 aromatic carbocycles. The van der Waals surface area contributed by atoms with Gasteiger partial charge in [0.1, 0.15) is 0 Å². The molecule has 0 atom stereocenters. The third-order valence-electron chi connectivity index (χ3n) is 3.33. The minimum absolute atomic E-state index is 0.241. The average molecular weight is 280 g/mol. The third-order valence-corrected chi connectivity index (χ3v) is 3.33. The SMILES string of the molecule is CCCCCCCCCC=CCCC=CCCC(=O)O. The first-order valence-electron chi connectivity index (χ1n) is 8.29. The topological polar surface area (TPSA) is 37.3 Å². The number of unbranched alkanes of at least 4 members (excludes halogenated alkanes) is 8. The van der Waals surface area contributed by atoms with E-state index in [2.05, 4.69) is 25.2 Å². The Labute approximate surface area is 125 Å². The van der Waals surface area contributed by atoms with Gasteiger partial charge in [-0.05, 0) is 32.1 Å². The van der Waals surface area contributed by atoms with Crippen LogP contribution in [0.3, 0.4) is 0 Å². The molecular formula is C18H32O2. The fourth-order valence-electron chi connectivity index (χ4n) is 2.09. The first kappa shape index (κ1) is 18.9. The van der Waals surface area contributed by atoms with Crippen molar-refractivity contribution in [3.05, 3.63) is 24.3 Å². The molecule has 0 aromatic heterocycles. The van der Waals surface area contributed by atoms with E-state index >= 15 is 0 Å². The van der Waals surface area contributed by atoms with Crippen molar-refractivity contribution in [1.82, 2.24) is 0 Å². The molecule has 0 unspecified atom stereocenters. The van der Waals surface area contributed by atoms with Crippen molar-refractivity contribution < 1.29 is 9.90 Å². The van der Waals surface area contributed by atoms with E-state index in [9.17, 15) is 4.79 Å². The van der Waals surface area contributed by atoms with Gasteiger partial charge in [0.05, 0.1) is 0 Å². The van der Waals surface area contributed by atoms with Crippen molar-refractivity contribution >= 4 is 5.97 Å². The van der Waals surface area contributed by atoms with Gasteiger partial charge in [-0.3, -0.25) is 4.79 Å². The van der Waals surface area contributed by atoms with E-state index in [4.69, 9.17) is 5.11 Å². The lowest BCUT2D eigenvalue weighted by Crippen LogP contribution is -1.91. The summed E-state index contributed by atoms with van der Waals surface area (Å²) in [6, 6.07) is 0. The number of carboxylic acid groups (broad SMARTS) is 1. The van der Waals surface area contributed by atoms with E-state index in [-0.39, 0.29) is 6.42 Å². The summed E-state index contributed by atoms with van der Waals surface area (Å²) in [5.74, 6) is -0.718. The number of rotatable bonds is 14. The zero-order valence-corrected chi connectivity index (χ0v) is 13.2. The van der Waals surface area contributed by atoms with E-state index in [0.717, 1.165) is 12.8 Å². The number of aliphatic carboxylic acids is 1. The van der Waals surface area contributed by atoms with Crippen LogP contribution >= 0.6 is 0 Å². The van der Waals surface area contributed by atoms with Crippen molar-refractivity contribution in [3.63, 3.8) is 0 Å². The zero-order chi connectivity index (χ0) is 14.9. The lowest BCUT2D eigenvalue weighted by molar-refractivity contribution is -0.136. The predicted molar refractivity (Wildman–Crippen MR) is 87.0 cm³/mol. The molecule has 2 heteroatoms. The van der Waals surface area contributed by atoms with Crippen molar-refractivity contribution in [2.24, 2.45) is 0 Å². The van der Waals surface area contributed by atoms with Gasteiger partial charge in [-0.25, -0.2) is 0 Å². The van der Waals surface area contributed by atoms with Crippen LogP contribution in [0.2, 0.25) is 0 Å². The summed E-state index contributed by atoms with van der Waals surface area (Å²) in [5.41, 5.74) is 0. The fourth-order valence-corrected chi connectivity index (χ4v) is 2.09. The van der Waals surface area contributed by atoms with E-state index in [0.29, 0.717) is 6.42 Å². The Morgan fingerprint density at radius 3 is 1.85 bits per heavy atom. The van der Waals surface area contributed by atoms with Crippen LogP contribution in [0.5, 0.6) is 0 Å². The molecule has 0 rings (SSSR count). The maximum absolute atomic E-state index is 10.3. The fraction of sp³-hybridized carbons (Fsp3) is 0.722. The average Bonchev–Trinajstić information content (AvgIpc) is 2.43. The molecule has 1 N–H and O–H groups in total. The van der Waals surface area contributed by atoms with Gasteiger partial charge in [0, 0.05) is 6.42 Å². The van der Waals surface area contributed by atoms with Crippen LogP contribution in [-0.2, 0) is 4.79 Å². The molecular weight excluding hydrogens is 248 g/mol. The normalized spacial score (nSPS) is 11.7. The Hall–Kier alpha value is -1.05. The van der Waals surface area contributed by atoms with E-state index in [1.165, 1.54) is 51.4 Å². The Morgan fingerprint density at radius 1 is 0.750 bits per heavy atom. The lowest BCUT2D eigenvalue weighted by atomic mass is 10.1. The van der Waals surface area contributed by atoms with Crippen LogP contribution in [0.15, 0.2) is 24.3 Å². The molecule has 0 amide bonds. The quantitative estimate of drug-likeness (QED) is 0.318. The first-order valence-corrected chi connectivity index (χ1v) is 8.29. The molecule has 0 aromatic rings. The molecule has 0 fully saturated rings. The van der Waals surface area contributed by atoms with Crippen LogP contribution in [-0.4, -0.2) is 11.1 Å². The summed E-state index contributed by atoms with van der Waals surface area (Å²) in [7, 11) is 0.